The lowest BCUT2D eigenvalue weighted by Crippen LogP contribution is -2.11. The Morgan fingerprint density at radius 1 is 1.26 bits per heavy atom. The van der Waals surface area contributed by atoms with Crippen LogP contribution in [0.1, 0.15) is 18.1 Å². The van der Waals surface area contributed by atoms with Crippen molar-refractivity contribution in [2.24, 2.45) is 0 Å². The molecule has 0 radical (unpaired) electrons. The highest BCUT2D eigenvalue weighted by Crippen LogP contribution is 2.12. The first-order valence-corrected chi connectivity index (χ1v) is 6.69. The van der Waals surface area contributed by atoms with Crippen LogP contribution in [-0.4, -0.2) is 22.9 Å². The number of rotatable bonds is 7. The number of ether oxygens (including phenoxy) is 1. The number of aryl methyl sites for hydroxylation is 1. The van der Waals surface area contributed by atoms with Crippen LogP contribution in [0.3, 0.4) is 0 Å². The Labute approximate surface area is 114 Å². The second kappa shape index (κ2) is 6.95. The fourth-order valence-electron chi connectivity index (χ4n) is 1.82. The highest BCUT2D eigenvalue weighted by atomic mass is 16.5. The van der Waals surface area contributed by atoms with E-state index in [-0.39, 0.29) is 0 Å². The quantitative estimate of drug-likeness (QED) is 0.829. The van der Waals surface area contributed by atoms with E-state index in [4.69, 9.17) is 4.74 Å². The van der Waals surface area contributed by atoms with E-state index in [9.17, 15) is 0 Å². The zero-order valence-corrected chi connectivity index (χ0v) is 11.6. The molecule has 19 heavy (non-hydrogen) atoms. The number of hydrogen-bond donors (Lipinski definition) is 1. The SMILES string of the molecule is CCNCc1ccc(OCCn2cc(C)cn2)cc1. The topological polar surface area (TPSA) is 39.1 Å². The second-order valence-corrected chi connectivity index (χ2v) is 4.55. The Bertz CT molecular complexity index is 490. The lowest BCUT2D eigenvalue weighted by Gasteiger charge is -2.07. The molecule has 0 bridgehead atoms. The van der Waals surface area contributed by atoms with Crippen LogP contribution < -0.4 is 10.1 Å². The molecule has 1 heterocycles. The monoisotopic (exact) mass is 259 g/mol. The molecule has 102 valence electrons. The van der Waals surface area contributed by atoms with Crippen LogP contribution in [0.25, 0.3) is 0 Å². The molecular formula is C15H21N3O. The maximum atomic E-state index is 5.70. The molecule has 1 N–H and O–H groups in total. The van der Waals surface area contributed by atoms with Gasteiger partial charge in [0.15, 0.2) is 0 Å². The fourth-order valence-corrected chi connectivity index (χ4v) is 1.82. The van der Waals surface area contributed by atoms with Crippen molar-refractivity contribution in [2.45, 2.75) is 26.9 Å². The van der Waals surface area contributed by atoms with Crippen molar-refractivity contribution in [2.75, 3.05) is 13.2 Å². The predicted molar refractivity (Wildman–Crippen MR) is 76.3 cm³/mol. The Morgan fingerprint density at radius 2 is 2.05 bits per heavy atom. The highest BCUT2D eigenvalue weighted by molar-refractivity contribution is 5.27. The summed E-state index contributed by atoms with van der Waals surface area (Å²) in [7, 11) is 0. The maximum Gasteiger partial charge on any atom is 0.119 e. The van der Waals surface area contributed by atoms with Gasteiger partial charge in [-0.15, -0.1) is 0 Å². The molecule has 2 rings (SSSR count). The first-order chi connectivity index (χ1) is 9.28. The zero-order valence-electron chi connectivity index (χ0n) is 11.6. The average molecular weight is 259 g/mol. The van der Waals surface area contributed by atoms with Gasteiger partial charge in [0.1, 0.15) is 12.4 Å². The standard InChI is InChI=1S/C15H21N3O/c1-3-16-11-14-4-6-15(7-5-14)19-9-8-18-12-13(2)10-17-18/h4-7,10,12,16H,3,8-9,11H2,1-2H3. The number of nitrogens with zero attached hydrogens (tertiary/aromatic N) is 2. The molecule has 0 spiro atoms. The van der Waals surface area contributed by atoms with Crippen molar-refractivity contribution in [3.8, 4) is 5.75 Å². The van der Waals surface area contributed by atoms with Gasteiger partial charge in [-0.05, 0) is 36.7 Å². The van der Waals surface area contributed by atoms with Crippen LogP contribution in [0.5, 0.6) is 5.75 Å². The first kappa shape index (κ1) is 13.6. The van der Waals surface area contributed by atoms with Gasteiger partial charge < -0.3 is 10.1 Å². The van der Waals surface area contributed by atoms with Crippen molar-refractivity contribution in [3.63, 3.8) is 0 Å². The van der Waals surface area contributed by atoms with E-state index >= 15 is 0 Å². The van der Waals surface area contributed by atoms with Crippen LogP contribution in [-0.2, 0) is 13.1 Å². The van der Waals surface area contributed by atoms with Gasteiger partial charge in [0.25, 0.3) is 0 Å². The van der Waals surface area contributed by atoms with Crippen molar-refractivity contribution in [1.82, 2.24) is 15.1 Å². The minimum Gasteiger partial charge on any atom is -0.492 e. The zero-order chi connectivity index (χ0) is 13.5. The third-order valence-corrected chi connectivity index (χ3v) is 2.85. The van der Waals surface area contributed by atoms with Crippen LogP contribution in [0.4, 0.5) is 0 Å². The van der Waals surface area contributed by atoms with Crippen molar-refractivity contribution >= 4 is 0 Å². The molecule has 0 saturated carbocycles. The van der Waals surface area contributed by atoms with E-state index in [1.54, 1.807) is 0 Å². The summed E-state index contributed by atoms with van der Waals surface area (Å²) in [6, 6.07) is 8.22. The van der Waals surface area contributed by atoms with Crippen LogP contribution in [0.2, 0.25) is 0 Å². The molecule has 0 saturated heterocycles. The first-order valence-electron chi connectivity index (χ1n) is 6.69. The van der Waals surface area contributed by atoms with Gasteiger partial charge in [0, 0.05) is 12.7 Å². The molecule has 2 aromatic rings. The molecule has 4 nitrogen and oxygen atoms in total. The Hall–Kier alpha value is -1.81. The molecule has 0 aliphatic carbocycles. The molecule has 0 unspecified atom stereocenters. The second-order valence-electron chi connectivity index (χ2n) is 4.55. The van der Waals surface area contributed by atoms with Crippen LogP contribution in [0, 0.1) is 6.92 Å². The van der Waals surface area contributed by atoms with Gasteiger partial charge in [-0.2, -0.15) is 5.10 Å². The van der Waals surface area contributed by atoms with Gasteiger partial charge >= 0.3 is 0 Å². The number of benzene rings is 1. The minimum atomic E-state index is 0.633. The summed E-state index contributed by atoms with van der Waals surface area (Å²) < 4.78 is 7.60. The van der Waals surface area contributed by atoms with Crippen molar-refractivity contribution in [1.29, 1.82) is 0 Å². The maximum absolute atomic E-state index is 5.70. The summed E-state index contributed by atoms with van der Waals surface area (Å²) in [4.78, 5) is 0. The molecule has 0 aliphatic heterocycles. The summed E-state index contributed by atoms with van der Waals surface area (Å²) in [5, 5.41) is 7.52. The summed E-state index contributed by atoms with van der Waals surface area (Å²) in [6.45, 7) is 7.44. The number of hydrogen-bond acceptors (Lipinski definition) is 3. The smallest absolute Gasteiger partial charge is 0.119 e. The molecular weight excluding hydrogens is 238 g/mol. The van der Waals surface area contributed by atoms with E-state index in [0.717, 1.165) is 25.4 Å². The average Bonchev–Trinajstić information content (AvgIpc) is 2.84. The van der Waals surface area contributed by atoms with E-state index in [1.165, 1.54) is 11.1 Å². The van der Waals surface area contributed by atoms with Crippen LogP contribution in [0.15, 0.2) is 36.7 Å². The molecule has 0 amide bonds. The van der Waals surface area contributed by atoms with E-state index in [0.29, 0.717) is 6.61 Å². The van der Waals surface area contributed by atoms with Crippen LogP contribution >= 0.6 is 0 Å². The Morgan fingerprint density at radius 3 is 2.68 bits per heavy atom. The fraction of sp³-hybridized carbons (Fsp3) is 0.400. The van der Waals surface area contributed by atoms with Crippen molar-refractivity contribution < 1.29 is 4.74 Å². The molecule has 4 heteroatoms. The summed E-state index contributed by atoms with van der Waals surface area (Å²) in [5.41, 5.74) is 2.45. The summed E-state index contributed by atoms with van der Waals surface area (Å²) >= 11 is 0. The summed E-state index contributed by atoms with van der Waals surface area (Å²) in [5.74, 6) is 0.907. The van der Waals surface area contributed by atoms with Crippen molar-refractivity contribution in [3.05, 3.63) is 47.8 Å². The number of aromatic nitrogens is 2. The van der Waals surface area contributed by atoms with E-state index in [2.05, 4.69) is 29.5 Å². The molecule has 0 atom stereocenters. The Kier molecular flexibility index (Phi) is 4.98. The molecule has 1 aromatic heterocycles. The minimum absolute atomic E-state index is 0.633. The third-order valence-electron chi connectivity index (χ3n) is 2.85. The highest BCUT2D eigenvalue weighted by Gasteiger charge is 1.97. The largest absolute Gasteiger partial charge is 0.492 e. The van der Waals surface area contributed by atoms with Gasteiger partial charge in [-0.25, -0.2) is 0 Å². The lowest BCUT2D eigenvalue weighted by molar-refractivity contribution is 0.291. The van der Waals surface area contributed by atoms with Gasteiger partial charge in [-0.1, -0.05) is 19.1 Å². The predicted octanol–water partition coefficient (Wildman–Crippen LogP) is 2.38. The van der Waals surface area contributed by atoms with E-state index in [1.807, 2.05) is 36.1 Å². The molecule has 0 aliphatic rings. The van der Waals surface area contributed by atoms with Gasteiger partial charge in [-0.3, -0.25) is 4.68 Å². The normalized spacial score (nSPS) is 10.6. The molecule has 0 fully saturated rings. The summed E-state index contributed by atoms with van der Waals surface area (Å²) in [6.07, 6.45) is 3.87. The van der Waals surface area contributed by atoms with Gasteiger partial charge in [0.2, 0.25) is 0 Å². The van der Waals surface area contributed by atoms with E-state index < -0.39 is 0 Å². The lowest BCUT2D eigenvalue weighted by atomic mass is 10.2. The number of nitrogens with one attached hydrogen (secondary N) is 1. The molecule has 1 aromatic carbocycles. The van der Waals surface area contributed by atoms with Gasteiger partial charge in [0.05, 0.1) is 12.7 Å². The Balaban J connectivity index is 1.76. The third kappa shape index (κ3) is 4.41.